The minimum atomic E-state index is 0. The molecule has 1 heterocycles. The molecule has 0 aliphatic carbocycles. The van der Waals surface area contributed by atoms with E-state index < -0.39 is 0 Å². The minimum Gasteiger partial charge on any atom is -0.357 e. The molecule has 0 aromatic carbocycles. The molecular formula is C13H24IN3S. The van der Waals surface area contributed by atoms with E-state index in [1.54, 1.807) is 0 Å². The number of hydrogen-bond donors (Lipinski definition) is 2. The number of halogens is 1. The number of hydrogen-bond acceptors (Lipinski definition) is 2. The van der Waals surface area contributed by atoms with E-state index in [-0.39, 0.29) is 24.0 Å². The number of thiophene rings is 1. The van der Waals surface area contributed by atoms with Crippen molar-refractivity contribution in [2.45, 2.75) is 34.2 Å². The summed E-state index contributed by atoms with van der Waals surface area (Å²) in [6, 6.07) is 4.29. The van der Waals surface area contributed by atoms with Crippen molar-refractivity contribution < 1.29 is 0 Å². The molecule has 1 rings (SSSR count). The monoisotopic (exact) mass is 381 g/mol. The Balaban J connectivity index is 0.00000289. The molecule has 104 valence electrons. The minimum absolute atomic E-state index is 0. The first-order chi connectivity index (χ1) is 8.11. The second kappa shape index (κ2) is 9.61. The summed E-state index contributed by atoms with van der Waals surface area (Å²) in [4.78, 5) is 7.23. The molecule has 0 fully saturated rings. The Morgan fingerprint density at radius 1 is 1.33 bits per heavy atom. The van der Waals surface area contributed by atoms with Gasteiger partial charge >= 0.3 is 0 Å². The maximum atomic E-state index is 4.57. The zero-order chi connectivity index (χ0) is 12.7. The van der Waals surface area contributed by atoms with E-state index in [9.17, 15) is 0 Å². The molecule has 3 nitrogen and oxygen atoms in total. The van der Waals surface area contributed by atoms with Gasteiger partial charge in [0.25, 0.3) is 0 Å². The number of aryl methyl sites for hydroxylation is 1. The van der Waals surface area contributed by atoms with Gasteiger partial charge in [0, 0.05) is 22.8 Å². The molecule has 0 atom stereocenters. The van der Waals surface area contributed by atoms with Crippen LogP contribution in [0.3, 0.4) is 0 Å². The molecule has 0 radical (unpaired) electrons. The Bertz CT molecular complexity index is 361. The van der Waals surface area contributed by atoms with E-state index in [0.717, 1.165) is 25.6 Å². The molecule has 0 bridgehead atoms. The lowest BCUT2D eigenvalue weighted by Crippen LogP contribution is -2.39. The Labute approximate surface area is 131 Å². The van der Waals surface area contributed by atoms with Crippen molar-refractivity contribution in [2.75, 3.05) is 13.1 Å². The molecule has 1 aromatic heterocycles. The number of rotatable bonds is 5. The third kappa shape index (κ3) is 7.20. The van der Waals surface area contributed by atoms with Crippen molar-refractivity contribution >= 4 is 41.3 Å². The summed E-state index contributed by atoms with van der Waals surface area (Å²) < 4.78 is 0. The summed E-state index contributed by atoms with van der Waals surface area (Å²) in [6.07, 6.45) is 0. The lowest BCUT2D eigenvalue weighted by Gasteiger charge is -2.12. The molecular weight excluding hydrogens is 357 g/mol. The fraction of sp³-hybridized carbons (Fsp3) is 0.615. The molecule has 0 spiro atoms. The highest BCUT2D eigenvalue weighted by molar-refractivity contribution is 14.0. The quantitative estimate of drug-likeness (QED) is 0.466. The van der Waals surface area contributed by atoms with Gasteiger partial charge in [0.05, 0.1) is 6.54 Å². The van der Waals surface area contributed by atoms with Crippen LogP contribution in [0, 0.1) is 12.8 Å². The lowest BCUT2D eigenvalue weighted by molar-refractivity contribution is 0.615. The van der Waals surface area contributed by atoms with Gasteiger partial charge < -0.3 is 10.6 Å². The van der Waals surface area contributed by atoms with Gasteiger partial charge in [-0.25, -0.2) is 4.99 Å². The largest absolute Gasteiger partial charge is 0.357 e. The van der Waals surface area contributed by atoms with Crippen LogP contribution in [0.25, 0.3) is 0 Å². The summed E-state index contributed by atoms with van der Waals surface area (Å²) in [5.41, 5.74) is 0. The SMILES string of the molecule is CCNC(=NCc1ccc(C)s1)NCC(C)C.I. The maximum Gasteiger partial charge on any atom is 0.191 e. The summed E-state index contributed by atoms with van der Waals surface area (Å²) in [5.74, 6) is 1.54. The lowest BCUT2D eigenvalue weighted by atomic mass is 10.2. The van der Waals surface area contributed by atoms with Crippen LogP contribution in [-0.4, -0.2) is 19.0 Å². The topological polar surface area (TPSA) is 36.4 Å². The van der Waals surface area contributed by atoms with Crippen LogP contribution in [0.15, 0.2) is 17.1 Å². The van der Waals surface area contributed by atoms with E-state index >= 15 is 0 Å². The Morgan fingerprint density at radius 3 is 2.56 bits per heavy atom. The Kier molecular flexibility index (Phi) is 9.45. The second-order valence-corrected chi connectivity index (χ2v) is 5.85. The molecule has 5 heteroatoms. The zero-order valence-electron chi connectivity index (χ0n) is 11.6. The van der Waals surface area contributed by atoms with E-state index in [1.807, 2.05) is 11.3 Å². The summed E-state index contributed by atoms with van der Waals surface area (Å²) >= 11 is 1.81. The van der Waals surface area contributed by atoms with Crippen molar-refractivity contribution in [3.63, 3.8) is 0 Å². The van der Waals surface area contributed by atoms with Crippen LogP contribution in [0.2, 0.25) is 0 Å². The van der Waals surface area contributed by atoms with Gasteiger partial charge in [0.2, 0.25) is 0 Å². The van der Waals surface area contributed by atoms with Crippen LogP contribution in [0.1, 0.15) is 30.5 Å². The van der Waals surface area contributed by atoms with E-state index in [1.165, 1.54) is 9.75 Å². The maximum absolute atomic E-state index is 4.57. The molecule has 0 saturated heterocycles. The normalized spacial score (nSPS) is 11.3. The molecule has 0 unspecified atom stereocenters. The van der Waals surface area contributed by atoms with Crippen molar-refractivity contribution in [1.82, 2.24) is 10.6 Å². The van der Waals surface area contributed by atoms with E-state index in [0.29, 0.717) is 5.92 Å². The first kappa shape index (κ1) is 17.7. The molecule has 2 N–H and O–H groups in total. The fourth-order valence-electron chi connectivity index (χ4n) is 1.37. The van der Waals surface area contributed by atoms with Gasteiger partial charge in [-0.3, -0.25) is 0 Å². The highest BCUT2D eigenvalue weighted by Gasteiger charge is 2.00. The van der Waals surface area contributed by atoms with Crippen LogP contribution in [-0.2, 0) is 6.54 Å². The highest BCUT2D eigenvalue weighted by Crippen LogP contribution is 2.15. The van der Waals surface area contributed by atoms with Gasteiger partial charge in [-0.1, -0.05) is 13.8 Å². The summed E-state index contributed by atoms with van der Waals surface area (Å²) in [7, 11) is 0. The zero-order valence-corrected chi connectivity index (χ0v) is 14.8. The molecule has 0 aliphatic rings. The van der Waals surface area contributed by atoms with Crippen molar-refractivity contribution in [3.05, 3.63) is 21.9 Å². The molecule has 1 aromatic rings. The van der Waals surface area contributed by atoms with Crippen LogP contribution in [0.5, 0.6) is 0 Å². The Hall–Kier alpha value is -0.300. The van der Waals surface area contributed by atoms with Crippen molar-refractivity contribution in [2.24, 2.45) is 10.9 Å². The van der Waals surface area contributed by atoms with Crippen molar-refractivity contribution in [1.29, 1.82) is 0 Å². The van der Waals surface area contributed by atoms with Crippen LogP contribution >= 0.6 is 35.3 Å². The molecule has 18 heavy (non-hydrogen) atoms. The fourth-order valence-corrected chi connectivity index (χ4v) is 2.18. The van der Waals surface area contributed by atoms with Gasteiger partial charge in [-0.15, -0.1) is 35.3 Å². The highest BCUT2D eigenvalue weighted by atomic mass is 127. The van der Waals surface area contributed by atoms with Gasteiger partial charge in [0.1, 0.15) is 0 Å². The summed E-state index contributed by atoms with van der Waals surface area (Å²) in [5, 5.41) is 6.60. The van der Waals surface area contributed by atoms with Crippen LogP contribution < -0.4 is 10.6 Å². The molecule has 0 amide bonds. The van der Waals surface area contributed by atoms with Crippen LogP contribution in [0.4, 0.5) is 0 Å². The molecule has 0 aliphatic heterocycles. The van der Waals surface area contributed by atoms with Crippen molar-refractivity contribution in [3.8, 4) is 0 Å². The predicted molar refractivity (Wildman–Crippen MR) is 92.1 cm³/mol. The third-order valence-electron chi connectivity index (χ3n) is 2.21. The number of nitrogens with one attached hydrogen (secondary N) is 2. The average molecular weight is 381 g/mol. The first-order valence-corrected chi connectivity index (χ1v) is 7.01. The average Bonchev–Trinajstić information content (AvgIpc) is 2.68. The Morgan fingerprint density at radius 2 is 2.06 bits per heavy atom. The summed E-state index contributed by atoms with van der Waals surface area (Å²) in [6.45, 7) is 11.2. The van der Waals surface area contributed by atoms with Gasteiger partial charge in [-0.2, -0.15) is 0 Å². The van der Waals surface area contributed by atoms with Gasteiger partial charge in [0.15, 0.2) is 5.96 Å². The van der Waals surface area contributed by atoms with E-state index in [4.69, 9.17) is 0 Å². The number of guanidine groups is 1. The molecule has 0 saturated carbocycles. The number of nitrogens with zero attached hydrogens (tertiary/aromatic N) is 1. The smallest absolute Gasteiger partial charge is 0.191 e. The third-order valence-corrected chi connectivity index (χ3v) is 3.20. The standard InChI is InChI=1S/C13H23N3S.HI/c1-5-14-13(15-8-10(2)3)16-9-12-7-6-11(4)17-12;/h6-7,10H,5,8-9H2,1-4H3,(H2,14,15,16);1H. The van der Waals surface area contributed by atoms with E-state index in [2.05, 4.69) is 55.5 Å². The van der Waals surface area contributed by atoms with Gasteiger partial charge in [-0.05, 0) is 31.9 Å². The number of aliphatic imine (C=N–C) groups is 1. The predicted octanol–water partition coefficient (Wildman–Crippen LogP) is 3.39. The first-order valence-electron chi connectivity index (χ1n) is 6.19. The second-order valence-electron chi connectivity index (χ2n) is 4.48.